The van der Waals surface area contributed by atoms with Gasteiger partial charge in [0, 0.05) is 5.25 Å². The fourth-order valence-corrected chi connectivity index (χ4v) is 1.42. The van der Waals surface area contributed by atoms with Gasteiger partial charge in [-0.2, -0.15) is 11.8 Å². The Morgan fingerprint density at radius 2 is 1.83 bits per heavy atom. The van der Waals surface area contributed by atoms with Crippen molar-refractivity contribution in [3.05, 3.63) is 35.9 Å². The molecular formula is C10H13FS. The van der Waals surface area contributed by atoms with Gasteiger partial charge in [0.25, 0.3) is 0 Å². The number of hydrogen-bond donors (Lipinski definition) is 0. The maximum Gasteiger partial charge on any atom is 0.137 e. The molecule has 0 saturated carbocycles. The summed E-state index contributed by atoms with van der Waals surface area (Å²) in [5.74, 6) is 0. The van der Waals surface area contributed by atoms with Crippen LogP contribution >= 0.6 is 11.8 Å². The van der Waals surface area contributed by atoms with Gasteiger partial charge in [-0.1, -0.05) is 37.3 Å². The van der Waals surface area contributed by atoms with Gasteiger partial charge in [-0.15, -0.1) is 0 Å². The van der Waals surface area contributed by atoms with Gasteiger partial charge in [0.1, 0.15) is 6.17 Å². The molecule has 1 aromatic rings. The average molecular weight is 184 g/mol. The third kappa shape index (κ3) is 2.24. The first-order valence-electron chi connectivity index (χ1n) is 3.97. The normalized spacial score (nSPS) is 15.6. The quantitative estimate of drug-likeness (QED) is 0.693. The fourth-order valence-electron chi connectivity index (χ4n) is 1.03. The summed E-state index contributed by atoms with van der Waals surface area (Å²) in [6.07, 6.45) is 1.08. The second kappa shape index (κ2) is 4.51. The smallest absolute Gasteiger partial charge is 0.137 e. The van der Waals surface area contributed by atoms with Crippen molar-refractivity contribution in [1.29, 1.82) is 0 Å². The third-order valence-electron chi connectivity index (χ3n) is 1.90. The SMILES string of the molecule is CS[C@@H](C)[C@H](F)c1ccccc1. The van der Waals surface area contributed by atoms with Gasteiger partial charge in [-0.25, -0.2) is 4.39 Å². The minimum absolute atomic E-state index is 0.0346. The van der Waals surface area contributed by atoms with E-state index in [0.29, 0.717) is 0 Å². The maximum atomic E-state index is 13.5. The van der Waals surface area contributed by atoms with Crippen LogP contribution < -0.4 is 0 Å². The Balaban J connectivity index is 2.71. The van der Waals surface area contributed by atoms with Gasteiger partial charge < -0.3 is 0 Å². The molecule has 1 aromatic carbocycles. The zero-order valence-corrected chi connectivity index (χ0v) is 8.14. The molecule has 2 heteroatoms. The van der Waals surface area contributed by atoms with Gasteiger partial charge in [0.15, 0.2) is 0 Å². The van der Waals surface area contributed by atoms with Gasteiger partial charge in [-0.05, 0) is 11.8 Å². The number of alkyl halides is 1. The summed E-state index contributed by atoms with van der Waals surface area (Å²) in [6, 6.07) is 9.30. The van der Waals surface area contributed by atoms with Gasteiger partial charge in [0.2, 0.25) is 0 Å². The Hall–Kier alpha value is -0.500. The van der Waals surface area contributed by atoms with Crippen LogP contribution in [0.15, 0.2) is 30.3 Å². The highest BCUT2D eigenvalue weighted by Crippen LogP contribution is 2.27. The molecule has 0 unspecified atom stereocenters. The molecule has 0 amide bonds. The monoisotopic (exact) mass is 184 g/mol. The van der Waals surface area contributed by atoms with E-state index in [1.54, 1.807) is 11.8 Å². The van der Waals surface area contributed by atoms with Crippen molar-refractivity contribution in [3.63, 3.8) is 0 Å². The first kappa shape index (κ1) is 9.59. The van der Waals surface area contributed by atoms with Crippen LogP contribution in [0.5, 0.6) is 0 Å². The van der Waals surface area contributed by atoms with Crippen molar-refractivity contribution in [2.45, 2.75) is 18.3 Å². The number of rotatable bonds is 3. The maximum absolute atomic E-state index is 13.5. The van der Waals surface area contributed by atoms with Crippen LogP contribution in [0.1, 0.15) is 18.7 Å². The summed E-state index contributed by atoms with van der Waals surface area (Å²) in [6.45, 7) is 1.91. The predicted octanol–water partition coefficient (Wildman–Crippen LogP) is 3.45. The molecule has 0 bridgehead atoms. The molecule has 0 nitrogen and oxygen atoms in total. The predicted molar refractivity (Wildman–Crippen MR) is 53.3 cm³/mol. The van der Waals surface area contributed by atoms with Crippen LogP contribution in [0.3, 0.4) is 0 Å². The van der Waals surface area contributed by atoms with Crippen LogP contribution in [0.25, 0.3) is 0 Å². The van der Waals surface area contributed by atoms with Gasteiger partial charge >= 0.3 is 0 Å². The lowest BCUT2D eigenvalue weighted by molar-refractivity contribution is 0.343. The van der Waals surface area contributed by atoms with Crippen LogP contribution in [0.2, 0.25) is 0 Å². The molecule has 12 heavy (non-hydrogen) atoms. The molecule has 0 saturated heterocycles. The van der Waals surface area contributed by atoms with E-state index in [1.807, 2.05) is 43.5 Å². The highest BCUT2D eigenvalue weighted by atomic mass is 32.2. The second-order valence-electron chi connectivity index (χ2n) is 2.75. The highest BCUT2D eigenvalue weighted by molar-refractivity contribution is 7.99. The largest absolute Gasteiger partial charge is 0.241 e. The van der Waals surface area contributed by atoms with Crippen LogP contribution in [-0.4, -0.2) is 11.5 Å². The molecule has 66 valence electrons. The molecule has 0 spiro atoms. The number of thioether (sulfide) groups is 1. The Morgan fingerprint density at radius 1 is 1.25 bits per heavy atom. The molecule has 0 radical (unpaired) electrons. The molecule has 1 rings (SSSR count). The number of benzene rings is 1. The lowest BCUT2D eigenvalue weighted by Gasteiger charge is -2.13. The molecule has 0 aromatic heterocycles. The second-order valence-corrected chi connectivity index (χ2v) is 3.97. The molecule has 0 aliphatic heterocycles. The molecular weight excluding hydrogens is 171 g/mol. The Labute approximate surface area is 77.2 Å². The average Bonchev–Trinajstić information content (AvgIpc) is 2.17. The molecule has 0 N–H and O–H groups in total. The minimum atomic E-state index is -0.846. The topological polar surface area (TPSA) is 0 Å². The summed E-state index contributed by atoms with van der Waals surface area (Å²) in [4.78, 5) is 0. The summed E-state index contributed by atoms with van der Waals surface area (Å²) in [5.41, 5.74) is 0.777. The Morgan fingerprint density at radius 3 is 2.33 bits per heavy atom. The van der Waals surface area contributed by atoms with Gasteiger partial charge in [-0.3, -0.25) is 0 Å². The molecule has 0 aliphatic rings. The zero-order valence-electron chi connectivity index (χ0n) is 7.33. The van der Waals surface area contributed by atoms with Crippen LogP contribution in [0.4, 0.5) is 4.39 Å². The first-order valence-corrected chi connectivity index (χ1v) is 5.26. The summed E-state index contributed by atoms with van der Waals surface area (Å²) in [7, 11) is 0. The van der Waals surface area contributed by atoms with Crippen LogP contribution in [0, 0.1) is 0 Å². The first-order chi connectivity index (χ1) is 5.75. The fraction of sp³-hybridized carbons (Fsp3) is 0.400. The molecule has 0 fully saturated rings. The third-order valence-corrected chi connectivity index (χ3v) is 2.88. The van der Waals surface area contributed by atoms with Crippen molar-refractivity contribution >= 4 is 11.8 Å². The minimum Gasteiger partial charge on any atom is -0.241 e. The van der Waals surface area contributed by atoms with Crippen molar-refractivity contribution in [1.82, 2.24) is 0 Å². The van der Waals surface area contributed by atoms with Crippen LogP contribution in [-0.2, 0) is 0 Å². The van der Waals surface area contributed by atoms with E-state index in [1.165, 1.54) is 0 Å². The number of halogens is 1. The zero-order chi connectivity index (χ0) is 8.97. The van der Waals surface area contributed by atoms with E-state index in [0.717, 1.165) is 5.56 Å². The lowest BCUT2D eigenvalue weighted by atomic mass is 10.1. The molecule has 2 atom stereocenters. The van der Waals surface area contributed by atoms with E-state index in [4.69, 9.17) is 0 Å². The van der Waals surface area contributed by atoms with E-state index >= 15 is 0 Å². The van der Waals surface area contributed by atoms with Crippen molar-refractivity contribution < 1.29 is 4.39 Å². The summed E-state index contributed by atoms with van der Waals surface area (Å²) < 4.78 is 13.5. The highest BCUT2D eigenvalue weighted by Gasteiger charge is 2.16. The van der Waals surface area contributed by atoms with Gasteiger partial charge in [0.05, 0.1) is 0 Å². The lowest BCUT2D eigenvalue weighted by Crippen LogP contribution is -2.05. The summed E-state index contributed by atoms with van der Waals surface area (Å²) >= 11 is 1.55. The molecule has 0 aliphatic carbocycles. The Kier molecular flexibility index (Phi) is 3.60. The standard InChI is InChI=1S/C10H13FS/c1-8(12-2)10(11)9-6-4-3-5-7-9/h3-8,10H,1-2H3/t8-,10-/m0/s1. The van der Waals surface area contributed by atoms with Crippen molar-refractivity contribution in [2.75, 3.05) is 6.26 Å². The van der Waals surface area contributed by atoms with E-state index in [2.05, 4.69) is 0 Å². The van der Waals surface area contributed by atoms with E-state index in [-0.39, 0.29) is 5.25 Å². The Bertz CT molecular complexity index is 223. The van der Waals surface area contributed by atoms with Crippen molar-refractivity contribution in [3.8, 4) is 0 Å². The summed E-state index contributed by atoms with van der Waals surface area (Å²) in [5, 5.41) is 0.0346. The number of hydrogen-bond acceptors (Lipinski definition) is 1. The van der Waals surface area contributed by atoms with Crippen molar-refractivity contribution in [2.24, 2.45) is 0 Å². The van der Waals surface area contributed by atoms with E-state index < -0.39 is 6.17 Å². The van der Waals surface area contributed by atoms with E-state index in [9.17, 15) is 4.39 Å². The molecule has 0 heterocycles.